The summed E-state index contributed by atoms with van der Waals surface area (Å²) in [5, 5.41) is 0. The van der Waals surface area contributed by atoms with Crippen LogP contribution in [0.25, 0.3) is 0 Å². The van der Waals surface area contributed by atoms with Crippen molar-refractivity contribution in [3.05, 3.63) is 53.5 Å². The molecule has 3 nitrogen and oxygen atoms in total. The summed E-state index contributed by atoms with van der Waals surface area (Å²) in [4.78, 5) is 6.26. The van der Waals surface area contributed by atoms with Crippen molar-refractivity contribution in [1.82, 2.24) is 4.98 Å². The number of hydrogen-bond donors (Lipinski definition) is 1. The zero-order chi connectivity index (χ0) is 12.5. The van der Waals surface area contributed by atoms with E-state index in [1.54, 1.807) is 6.07 Å². The van der Waals surface area contributed by atoms with Crippen LogP contribution in [0.4, 0.5) is 15.9 Å². The summed E-state index contributed by atoms with van der Waals surface area (Å²) in [7, 11) is 0. The number of nitrogen functional groups attached to an aromatic ring is 1. The molecule has 92 valence electrons. The number of anilines is 2. The third kappa shape index (κ3) is 2.01. The third-order valence-corrected chi connectivity index (χ3v) is 3.28. The van der Waals surface area contributed by atoms with Crippen LogP contribution in [-0.4, -0.2) is 11.5 Å². The maximum atomic E-state index is 12.8. The molecule has 1 aliphatic rings. The van der Waals surface area contributed by atoms with Gasteiger partial charge in [0, 0.05) is 18.8 Å². The number of fused-ring (bicyclic) bond motifs is 1. The highest BCUT2D eigenvalue weighted by atomic mass is 19.1. The molecule has 1 aliphatic heterocycles. The third-order valence-electron chi connectivity index (χ3n) is 3.28. The van der Waals surface area contributed by atoms with E-state index >= 15 is 0 Å². The second-order valence-corrected chi connectivity index (χ2v) is 4.53. The van der Waals surface area contributed by atoms with Crippen LogP contribution < -0.4 is 10.6 Å². The molecule has 0 unspecified atom stereocenters. The van der Waals surface area contributed by atoms with Crippen LogP contribution in [0.3, 0.4) is 0 Å². The molecule has 3 rings (SSSR count). The van der Waals surface area contributed by atoms with Crippen molar-refractivity contribution in [3.63, 3.8) is 0 Å². The van der Waals surface area contributed by atoms with Gasteiger partial charge in [-0.2, -0.15) is 0 Å². The molecule has 4 heteroatoms. The van der Waals surface area contributed by atoms with E-state index in [2.05, 4.69) is 16.0 Å². The summed E-state index contributed by atoms with van der Waals surface area (Å²) in [6, 6.07) is 9.18. The van der Waals surface area contributed by atoms with Gasteiger partial charge in [-0.3, -0.25) is 0 Å². The van der Waals surface area contributed by atoms with Crippen LogP contribution in [0.5, 0.6) is 0 Å². The van der Waals surface area contributed by atoms with Gasteiger partial charge in [-0.05, 0) is 41.8 Å². The molecule has 18 heavy (non-hydrogen) atoms. The van der Waals surface area contributed by atoms with Crippen LogP contribution in [0, 0.1) is 5.82 Å². The molecule has 1 aromatic carbocycles. The Bertz CT molecular complexity index is 566. The lowest BCUT2D eigenvalue weighted by molar-refractivity contribution is 0.619. The molecule has 2 heterocycles. The number of hydrogen-bond acceptors (Lipinski definition) is 3. The van der Waals surface area contributed by atoms with Gasteiger partial charge in [-0.25, -0.2) is 9.37 Å². The Hall–Kier alpha value is -2.10. The second kappa shape index (κ2) is 4.29. The Morgan fingerprint density at radius 2 is 2.06 bits per heavy atom. The van der Waals surface area contributed by atoms with Gasteiger partial charge in [-0.15, -0.1) is 0 Å². The number of nitrogens with zero attached hydrogens (tertiary/aromatic N) is 2. The molecule has 0 saturated heterocycles. The van der Waals surface area contributed by atoms with Crippen molar-refractivity contribution < 1.29 is 4.39 Å². The highest BCUT2D eigenvalue weighted by Crippen LogP contribution is 2.24. The molecule has 2 N–H and O–H groups in total. The number of rotatable bonds is 1. The molecule has 0 fully saturated rings. The molecular formula is C14H14FN3. The minimum atomic E-state index is -0.305. The minimum Gasteiger partial charge on any atom is -0.399 e. The standard InChI is InChI=1S/C14H14FN3/c15-12-2-4-14(17-8-12)18-6-5-10-1-3-13(16)7-11(10)9-18/h1-4,7-8H,5-6,9,16H2. The number of nitrogens with two attached hydrogens (primary N) is 1. The van der Waals surface area contributed by atoms with Crippen molar-refractivity contribution in [2.45, 2.75) is 13.0 Å². The molecule has 0 radical (unpaired) electrons. The molecule has 0 amide bonds. The van der Waals surface area contributed by atoms with Crippen LogP contribution in [-0.2, 0) is 13.0 Å². The van der Waals surface area contributed by atoms with E-state index in [9.17, 15) is 4.39 Å². The molecule has 2 aromatic rings. The fraction of sp³-hybridized carbons (Fsp3) is 0.214. The smallest absolute Gasteiger partial charge is 0.141 e. The van der Waals surface area contributed by atoms with Crippen LogP contribution in [0.1, 0.15) is 11.1 Å². The first-order valence-corrected chi connectivity index (χ1v) is 5.96. The van der Waals surface area contributed by atoms with Crippen LogP contribution in [0.2, 0.25) is 0 Å². The Morgan fingerprint density at radius 1 is 1.17 bits per heavy atom. The van der Waals surface area contributed by atoms with Gasteiger partial charge in [0.05, 0.1) is 6.20 Å². The highest BCUT2D eigenvalue weighted by molar-refractivity contribution is 5.49. The quantitative estimate of drug-likeness (QED) is 0.782. The monoisotopic (exact) mass is 243 g/mol. The van der Waals surface area contributed by atoms with Crippen molar-refractivity contribution in [1.29, 1.82) is 0 Å². The fourth-order valence-electron chi connectivity index (χ4n) is 2.33. The van der Waals surface area contributed by atoms with Crippen LogP contribution in [0.15, 0.2) is 36.5 Å². The van der Waals surface area contributed by atoms with Crippen molar-refractivity contribution in [2.75, 3.05) is 17.2 Å². The van der Waals surface area contributed by atoms with Crippen molar-refractivity contribution in [2.24, 2.45) is 0 Å². The molecule has 0 saturated carbocycles. The van der Waals surface area contributed by atoms with Crippen molar-refractivity contribution in [3.8, 4) is 0 Å². The van der Waals surface area contributed by atoms with Gasteiger partial charge in [0.2, 0.25) is 0 Å². The predicted molar refractivity (Wildman–Crippen MR) is 69.8 cm³/mol. The predicted octanol–water partition coefficient (Wildman–Crippen LogP) is 2.37. The summed E-state index contributed by atoms with van der Waals surface area (Å²) >= 11 is 0. The molecule has 0 bridgehead atoms. The normalized spacial score (nSPS) is 14.4. The first-order chi connectivity index (χ1) is 8.72. The second-order valence-electron chi connectivity index (χ2n) is 4.53. The van der Waals surface area contributed by atoms with E-state index in [-0.39, 0.29) is 5.82 Å². The van der Waals surface area contributed by atoms with E-state index in [0.717, 1.165) is 31.0 Å². The van der Waals surface area contributed by atoms with E-state index in [1.807, 2.05) is 12.1 Å². The molecule has 0 spiro atoms. The Labute approximate surface area is 105 Å². The SMILES string of the molecule is Nc1ccc2c(c1)CN(c1ccc(F)cn1)CC2. The Kier molecular flexibility index (Phi) is 2.63. The van der Waals surface area contributed by atoms with E-state index in [0.29, 0.717) is 0 Å². The first kappa shape index (κ1) is 11.0. The zero-order valence-electron chi connectivity index (χ0n) is 9.94. The number of pyridine rings is 1. The highest BCUT2D eigenvalue weighted by Gasteiger charge is 2.17. The van der Waals surface area contributed by atoms with E-state index in [1.165, 1.54) is 23.4 Å². The maximum absolute atomic E-state index is 12.8. The van der Waals surface area contributed by atoms with E-state index in [4.69, 9.17) is 5.73 Å². The largest absolute Gasteiger partial charge is 0.399 e. The lowest BCUT2D eigenvalue weighted by Gasteiger charge is -2.29. The lowest BCUT2D eigenvalue weighted by Crippen LogP contribution is -2.31. The Balaban J connectivity index is 1.88. The van der Waals surface area contributed by atoms with Gasteiger partial charge in [-0.1, -0.05) is 6.07 Å². The van der Waals surface area contributed by atoms with Gasteiger partial charge >= 0.3 is 0 Å². The van der Waals surface area contributed by atoms with Crippen molar-refractivity contribution >= 4 is 11.5 Å². The topological polar surface area (TPSA) is 42.1 Å². The zero-order valence-corrected chi connectivity index (χ0v) is 9.94. The molecule has 1 aromatic heterocycles. The lowest BCUT2D eigenvalue weighted by atomic mass is 9.99. The average molecular weight is 243 g/mol. The number of aromatic nitrogens is 1. The number of benzene rings is 1. The number of halogens is 1. The fourth-order valence-corrected chi connectivity index (χ4v) is 2.33. The van der Waals surface area contributed by atoms with Gasteiger partial charge < -0.3 is 10.6 Å². The average Bonchev–Trinajstić information content (AvgIpc) is 2.38. The molecule has 0 atom stereocenters. The summed E-state index contributed by atoms with van der Waals surface area (Å²) in [6.07, 6.45) is 2.22. The molecular weight excluding hydrogens is 229 g/mol. The summed E-state index contributed by atoms with van der Waals surface area (Å²) in [6.45, 7) is 1.68. The first-order valence-electron chi connectivity index (χ1n) is 5.96. The summed E-state index contributed by atoms with van der Waals surface area (Å²) in [5.41, 5.74) is 9.15. The summed E-state index contributed by atoms with van der Waals surface area (Å²) in [5.74, 6) is 0.505. The van der Waals surface area contributed by atoms with Gasteiger partial charge in [0.15, 0.2) is 0 Å². The van der Waals surface area contributed by atoms with E-state index < -0.39 is 0 Å². The summed E-state index contributed by atoms with van der Waals surface area (Å²) < 4.78 is 12.8. The van der Waals surface area contributed by atoms with Gasteiger partial charge in [0.1, 0.15) is 11.6 Å². The minimum absolute atomic E-state index is 0.305. The van der Waals surface area contributed by atoms with Crippen LogP contribution >= 0.6 is 0 Å². The maximum Gasteiger partial charge on any atom is 0.141 e. The Morgan fingerprint density at radius 3 is 2.83 bits per heavy atom. The van der Waals surface area contributed by atoms with Gasteiger partial charge in [0.25, 0.3) is 0 Å². The molecule has 0 aliphatic carbocycles.